The Morgan fingerprint density at radius 2 is 1.88 bits per heavy atom. The van der Waals surface area contributed by atoms with Gasteiger partial charge in [0.05, 0.1) is 13.2 Å². The third-order valence-corrected chi connectivity index (χ3v) is 6.48. The van der Waals surface area contributed by atoms with Crippen molar-refractivity contribution in [3.63, 3.8) is 0 Å². The third-order valence-electron chi connectivity index (χ3n) is 5.84. The number of hydrogen-bond acceptors (Lipinski definition) is 7. The molecule has 2 aliphatic rings. The van der Waals surface area contributed by atoms with E-state index in [1.807, 2.05) is 23.1 Å². The standard InChI is InChI=1S/C24H25N3O4S/c1-17-5-7-18(8-6-17)15-21-25-23(32-26-21)31-20-4-2-3-19(16-20)22(28)27-11-9-24(10-12-27)29-13-14-30-24/h2-8,16H,9-15H2,1H3. The van der Waals surface area contributed by atoms with Crippen molar-refractivity contribution >= 4 is 17.4 Å². The molecule has 1 spiro atoms. The number of amides is 1. The average Bonchev–Trinajstić information content (AvgIpc) is 3.45. The van der Waals surface area contributed by atoms with Crippen molar-refractivity contribution in [2.24, 2.45) is 0 Å². The first-order valence-electron chi connectivity index (χ1n) is 10.8. The number of aromatic nitrogens is 2. The van der Waals surface area contributed by atoms with Crippen LogP contribution < -0.4 is 4.74 Å². The van der Waals surface area contributed by atoms with Gasteiger partial charge in [0.1, 0.15) is 5.75 Å². The topological polar surface area (TPSA) is 73.8 Å². The Kier molecular flexibility index (Phi) is 5.91. The predicted octanol–water partition coefficient (Wildman–Crippen LogP) is 4.21. The van der Waals surface area contributed by atoms with E-state index in [1.165, 1.54) is 17.1 Å². The van der Waals surface area contributed by atoms with Crippen molar-refractivity contribution in [1.29, 1.82) is 0 Å². The average molecular weight is 452 g/mol. The largest absolute Gasteiger partial charge is 0.430 e. The minimum Gasteiger partial charge on any atom is -0.430 e. The number of benzene rings is 2. The van der Waals surface area contributed by atoms with E-state index in [9.17, 15) is 4.79 Å². The van der Waals surface area contributed by atoms with E-state index in [4.69, 9.17) is 14.2 Å². The van der Waals surface area contributed by atoms with E-state index in [2.05, 4.69) is 40.5 Å². The summed E-state index contributed by atoms with van der Waals surface area (Å²) in [6.45, 7) is 4.55. The lowest BCUT2D eigenvalue weighted by molar-refractivity contribution is -0.181. The van der Waals surface area contributed by atoms with Crippen LogP contribution >= 0.6 is 11.5 Å². The first-order valence-corrected chi connectivity index (χ1v) is 11.6. The molecule has 0 atom stereocenters. The van der Waals surface area contributed by atoms with Gasteiger partial charge in [-0.3, -0.25) is 4.79 Å². The van der Waals surface area contributed by atoms with E-state index in [1.54, 1.807) is 6.07 Å². The first kappa shape index (κ1) is 21.1. The molecule has 0 N–H and O–H groups in total. The third kappa shape index (κ3) is 4.67. The molecule has 0 unspecified atom stereocenters. The van der Waals surface area contributed by atoms with Crippen molar-refractivity contribution in [2.75, 3.05) is 26.3 Å². The summed E-state index contributed by atoms with van der Waals surface area (Å²) in [5.41, 5.74) is 2.98. The van der Waals surface area contributed by atoms with Crippen LogP contribution in [0.15, 0.2) is 48.5 Å². The maximum absolute atomic E-state index is 13.0. The number of nitrogens with zero attached hydrogens (tertiary/aromatic N) is 3. The normalized spacial score (nSPS) is 17.6. The molecule has 32 heavy (non-hydrogen) atoms. The lowest BCUT2D eigenvalue weighted by Gasteiger charge is -2.37. The highest BCUT2D eigenvalue weighted by molar-refractivity contribution is 7.07. The maximum atomic E-state index is 13.0. The van der Waals surface area contributed by atoms with E-state index < -0.39 is 5.79 Å². The minimum absolute atomic E-state index is 0.0133. The molecule has 3 aromatic rings. The number of hydrogen-bond donors (Lipinski definition) is 0. The lowest BCUT2D eigenvalue weighted by Crippen LogP contribution is -2.47. The van der Waals surface area contributed by atoms with Crippen LogP contribution in [0.5, 0.6) is 10.9 Å². The van der Waals surface area contributed by atoms with Crippen LogP contribution in [0, 0.1) is 6.92 Å². The van der Waals surface area contributed by atoms with E-state index in [-0.39, 0.29) is 5.91 Å². The van der Waals surface area contributed by atoms with Crippen molar-refractivity contribution < 1.29 is 19.0 Å². The molecule has 2 fully saturated rings. The van der Waals surface area contributed by atoms with Crippen LogP contribution in [0.2, 0.25) is 0 Å². The van der Waals surface area contributed by atoms with Gasteiger partial charge in [-0.15, -0.1) is 0 Å². The molecule has 0 saturated carbocycles. The zero-order valence-corrected chi connectivity index (χ0v) is 18.8. The fourth-order valence-electron chi connectivity index (χ4n) is 4.05. The number of ether oxygens (including phenoxy) is 3. The molecule has 0 radical (unpaired) electrons. The van der Waals surface area contributed by atoms with Crippen LogP contribution in [-0.4, -0.2) is 52.3 Å². The van der Waals surface area contributed by atoms with Crippen LogP contribution in [0.25, 0.3) is 0 Å². The van der Waals surface area contributed by atoms with Gasteiger partial charge >= 0.3 is 0 Å². The lowest BCUT2D eigenvalue weighted by atomic mass is 10.0. The summed E-state index contributed by atoms with van der Waals surface area (Å²) in [5.74, 6) is 0.792. The zero-order chi connectivity index (χ0) is 22.0. The Labute approximate surface area is 191 Å². The Morgan fingerprint density at radius 3 is 2.62 bits per heavy atom. The zero-order valence-electron chi connectivity index (χ0n) is 18.0. The number of likely N-dealkylation sites (tertiary alicyclic amines) is 1. The van der Waals surface area contributed by atoms with Crippen molar-refractivity contribution in [2.45, 2.75) is 32.0 Å². The highest BCUT2D eigenvalue weighted by Gasteiger charge is 2.40. The van der Waals surface area contributed by atoms with Crippen molar-refractivity contribution in [3.8, 4) is 10.9 Å². The molecule has 5 rings (SSSR count). The van der Waals surface area contributed by atoms with Gasteiger partial charge < -0.3 is 19.1 Å². The molecule has 7 nitrogen and oxygen atoms in total. The molecule has 2 aliphatic heterocycles. The Balaban J connectivity index is 1.21. The highest BCUT2D eigenvalue weighted by Crippen LogP contribution is 2.32. The second-order valence-electron chi connectivity index (χ2n) is 8.17. The molecule has 1 amide bonds. The van der Waals surface area contributed by atoms with Gasteiger partial charge in [-0.05, 0) is 30.7 Å². The molecule has 1 aromatic heterocycles. The summed E-state index contributed by atoms with van der Waals surface area (Å²) < 4.78 is 21.8. The molecular weight excluding hydrogens is 426 g/mol. The molecule has 0 aliphatic carbocycles. The summed E-state index contributed by atoms with van der Waals surface area (Å²) in [4.78, 5) is 19.3. The number of carbonyl (C=O) groups excluding carboxylic acids is 1. The van der Waals surface area contributed by atoms with E-state index >= 15 is 0 Å². The van der Waals surface area contributed by atoms with Gasteiger partial charge in [0.25, 0.3) is 11.1 Å². The van der Waals surface area contributed by atoms with Crippen molar-refractivity contribution in [3.05, 3.63) is 71.0 Å². The Morgan fingerprint density at radius 1 is 1.12 bits per heavy atom. The smallest absolute Gasteiger partial charge is 0.298 e. The summed E-state index contributed by atoms with van der Waals surface area (Å²) in [7, 11) is 0. The van der Waals surface area contributed by atoms with Gasteiger partial charge in [0.15, 0.2) is 11.6 Å². The van der Waals surface area contributed by atoms with Crippen LogP contribution in [0.1, 0.15) is 40.2 Å². The number of aryl methyl sites for hydroxylation is 1. The maximum Gasteiger partial charge on any atom is 0.298 e. The van der Waals surface area contributed by atoms with Crippen LogP contribution in [0.4, 0.5) is 0 Å². The molecule has 2 saturated heterocycles. The summed E-state index contributed by atoms with van der Waals surface area (Å²) >= 11 is 1.21. The van der Waals surface area contributed by atoms with Gasteiger partial charge in [-0.2, -0.15) is 9.36 Å². The number of carbonyl (C=O) groups is 1. The fraction of sp³-hybridized carbons (Fsp3) is 0.375. The number of piperidine rings is 1. The molecular formula is C24H25N3O4S. The predicted molar refractivity (Wildman–Crippen MR) is 120 cm³/mol. The SMILES string of the molecule is Cc1ccc(Cc2nsc(Oc3cccc(C(=O)N4CCC5(CC4)OCCO5)c3)n2)cc1. The Hall–Kier alpha value is -2.81. The summed E-state index contributed by atoms with van der Waals surface area (Å²) in [6, 6.07) is 15.5. The Bertz CT molecular complexity index is 1080. The molecule has 8 heteroatoms. The first-order chi connectivity index (χ1) is 15.6. The molecule has 0 bridgehead atoms. The fourth-order valence-corrected chi connectivity index (χ4v) is 4.62. The molecule has 2 aromatic carbocycles. The quantitative estimate of drug-likeness (QED) is 0.579. The van der Waals surface area contributed by atoms with E-state index in [0.717, 1.165) is 11.4 Å². The van der Waals surface area contributed by atoms with Gasteiger partial charge in [-0.25, -0.2) is 0 Å². The molecule has 3 heterocycles. The van der Waals surface area contributed by atoms with E-state index in [0.29, 0.717) is 62.1 Å². The van der Waals surface area contributed by atoms with Crippen LogP contribution in [-0.2, 0) is 15.9 Å². The highest BCUT2D eigenvalue weighted by atomic mass is 32.1. The van der Waals surface area contributed by atoms with Gasteiger partial charge in [0, 0.05) is 49.4 Å². The molecule has 166 valence electrons. The van der Waals surface area contributed by atoms with Gasteiger partial charge in [0.2, 0.25) is 0 Å². The number of rotatable bonds is 5. The summed E-state index contributed by atoms with van der Waals surface area (Å²) in [5, 5.41) is 0.465. The second-order valence-corrected chi connectivity index (χ2v) is 8.88. The van der Waals surface area contributed by atoms with Gasteiger partial charge in [-0.1, -0.05) is 35.9 Å². The monoisotopic (exact) mass is 451 g/mol. The second kappa shape index (κ2) is 8.97. The van der Waals surface area contributed by atoms with Crippen molar-refractivity contribution in [1.82, 2.24) is 14.3 Å². The summed E-state index contributed by atoms with van der Waals surface area (Å²) in [6.07, 6.45) is 2.05. The minimum atomic E-state index is -0.490. The van der Waals surface area contributed by atoms with Crippen LogP contribution in [0.3, 0.4) is 0 Å².